The molecule has 2 nitrogen and oxygen atoms in total. The van der Waals surface area contributed by atoms with Gasteiger partial charge in [0.15, 0.2) is 0 Å². The molecule has 0 saturated carbocycles. The molecule has 0 fully saturated rings. The van der Waals surface area contributed by atoms with Gasteiger partial charge < -0.3 is 9.84 Å². The predicted molar refractivity (Wildman–Crippen MR) is 37.2 cm³/mol. The Hall–Kier alpha value is -0.210. The molecule has 0 aliphatic rings. The average Bonchev–Trinajstić information content (AvgIpc) is 1.80. The van der Waals surface area contributed by atoms with Crippen molar-refractivity contribution in [3.8, 4) is 0 Å². The summed E-state index contributed by atoms with van der Waals surface area (Å²) in [6.45, 7) is 2.33. The highest BCUT2D eigenvalue weighted by molar-refractivity contribution is 6.19. The average molecular weight is 151 g/mol. The number of ether oxygens (including phenoxy) is 1. The van der Waals surface area contributed by atoms with Crippen LogP contribution in [-0.2, 0) is 4.74 Å². The highest BCUT2D eigenvalue weighted by atomic mass is 35.5. The van der Waals surface area contributed by atoms with E-state index in [4.69, 9.17) is 21.4 Å². The van der Waals surface area contributed by atoms with Crippen molar-refractivity contribution in [1.82, 2.24) is 0 Å². The molecule has 0 amide bonds. The molecule has 1 N–H and O–H groups in total. The Balaban J connectivity index is 2.91. The van der Waals surface area contributed by atoms with E-state index >= 15 is 0 Å². The molecular weight excluding hydrogens is 140 g/mol. The molecule has 54 valence electrons. The van der Waals surface area contributed by atoms with E-state index in [0.29, 0.717) is 13.0 Å². The van der Waals surface area contributed by atoms with Crippen molar-refractivity contribution in [2.24, 2.45) is 0 Å². The molecule has 1 atom stereocenters. The Morgan fingerprint density at radius 2 is 2.44 bits per heavy atom. The number of rotatable bonds is 4. The number of aliphatic hydroxyl groups is 1. The first-order valence-electron chi connectivity index (χ1n) is 2.82. The summed E-state index contributed by atoms with van der Waals surface area (Å²) in [4.78, 5) is 0. The van der Waals surface area contributed by atoms with Gasteiger partial charge in [-0.3, -0.25) is 0 Å². The van der Waals surface area contributed by atoms with E-state index in [1.165, 1.54) is 0 Å². The van der Waals surface area contributed by atoms with Crippen LogP contribution in [0.3, 0.4) is 0 Å². The highest BCUT2D eigenvalue weighted by Gasteiger charge is 1.94. The molecule has 0 spiro atoms. The highest BCUT2D eigenvalue weighted by Crippen LogP contribution is 1.96. The summed E-state index contributed by atoms with van der Waals surface area (Å²) in [5, 5.41) is 8.51. The second kappa shape index (κ2) is 5.92. The second-order valence-corrected chi connectivity index (χ2v) is 2.07. The molecule has 0 aliphatic carbocycles. The first kappa shape index (κ1) is 8.79. The van der Waals surface area contributed by atoms with Crippen LogP contribution in [0.4, 0.5) is 0 Å². The smallest absolute Gasteiger partial charge is 0.131 e. The number of hydrogen-bond donors (Lipinski definition) is 1. The first-order valence-corrected chi connectivity index (χ1v) is 3.26. The summed E-state index contributed by atoms with van der Waals surface area (Å²) in [7, 11) is 0. The van der Waals surface area contributed by atoms with Gasteiger partial charge in [0.2, 0.25) is 0 Å². The van der Waals surface area contributed by atoms with Gasteiger partial charge >= 0.3 is 0 Å². The van der Waals surface area contributed by atoms with Crippen LogP contribution in [0, 0.1) is 0 Å². The third-order valence-corrected chi connectivity index (χ3v) is 0.924. The Morgan fingerprint density at radius 1 is 1.78 bits per heavy atom. The largest absolute Gasteiger partial charge is 0.501 e. The molecule has 0 aromatic heterocycles. The molecule has 0 aromatic carbocycles. The zero-order valence-electron chi connectivity index (χ0n) is 5.38. The van der Waals surface area contributed by atoms with E-state index in [9.17, 15) is 0 Å². The van der Waals surface area contributed by atoms with Gasteiger partial charge in [-0.25, -0.2) is 0 Å². The van der Waals surface area contributed by atoms with Gasteiger partial charge in [-0.2, -0.15) is 0 Å². The van der Waals surface area contributed by atoms with Crippen molar-refractivity contribution in [3.63, 3.8) is 0 Å². The lowest BCUT2D eigenvalue weighted by molar-refractivity contribution is 0.177. The molecule has 0 saturated heterocycles. The zero-order chi connectivity index (χ0) is 7.11. The number of alkyl halides is 1. The summed E-state index contributed by atoms with van der Waals surface area (Å²) in [5.41, 5.74) is -0.782. The van der Waals surface area contributed by atoms with Crippen LogP contribution in [0.25, 0.3) is 0 Å². The Labute approximate surface area is 60.1 Å². The van der Waals surface area contributed by atoms with E-state index in [0.717, 1.165) is 0 Å². The molecule has 0 rings (SSSR count). The summed E-state index contributed by atoms with van der Waals surface area (Å²) in [5.74, 6) is 0. The topological polar surface area (TPSA) is 29.5 Å². The van der Waals surface area contributed by atoms with E-state index in [-0.39, 0.29) is 0 Å². The third-order valence-electron chi connectivity index (χ3n) is 0.706. The molecular formula is C6H11ClO2. The quantitative estimate of drug-likeness (QED) is 0.374. The number of hydrogen-bond acceptors (Lipinski definition) is 2. The fraction of sp³-hybridized carbons (Fsp3) is 0.667. The van der Waals surface area contributed by atoms with Crippen LogP contribution in [0.15, 0.2) is 12.3 Å². The maximum absolute atomic E-state index is 8.51. The molecule has 0 aliphatic heterocycles. The third kappa shape index (κ3) is 7.79. The van der Waals surface area contributed by atoms with Gasteiger partial charge in [-0.05, 0) is 6.92 Å². The number of allylic oxidation sites excluding steroid dienone is 1. The molecule has 9 heavy (non-hydrogen) atoms. The van der Waals surface area contributed by atoms with Crippen molar-refractivity contribution < 1.29 is 9.84 Å². The minimum atomic E-state index is -0.782. The van der Waals surface area contributed by atoms with Crippen LogP contribution in [0.1, 0.15) is 13.3 Å². The molecule has 3 heteroatoms. The van der Waals surface area contributed by atoms with Crippen LogP contribution >= 0.6 is 11.6 Å². The normalized spacial score (nSPS) is 14.1. The van der Waals surface area contributed by atoms with Crippen LogP contribution in [0.5, 0.6) is 0 Å². The lowest BCUT2D eigenvalue weighted by Gasteiger charge is -2.00. The number of aliphatic hydroxyl groups excluding tert-OH is 1. The van der Waals surface area contributed by atoms with Gasteiger partial charge in [0, 0.05) is 6.42 Å². The predicted octanol–water partition coefficient (Wildman–Crippen LogP) is 1.48. The fourth-order valence-electron chi connectivity index (χ4n) is 0.330. The van der Waals surface area contributed by atoms with Gasteiger partial charge in [-0.1, -0.05) is 17.7 Å². The minimum Gasteiger partial charge on any atom is -0.501 e. The lowest BCUT2D eigenvalue weighted by Crippen LogP contribution is -1.99. The van der Waals surface area contributed by atoms with Gasteiger partial charge in [-0.15, -0.1) is 0 Å². The van der Waals surface area contributed by atoms with Gasteiger partial charge in [0.25, 0.3) is 0 Å². The maximum Gasteiger partial charge on any atom is 0.131 e. The minimum absolute atomic E-state index is 0.464. The van der Waals surface area contributed by atoms with E-state index in [1.807, 2.05) is 6.92 Å². The monoisotopic (exact) mass is 150 g/mol. The molecule has 0 heterocycles. The van der Waals surface area contributed by atoms with Crippen LogP contribution in [0.2, 0.25) is 0 Å². The zero-order valence-corrected chi connectivity index (χ0v) is 6.14. The Kier molecular flexibility index (Phi) is 5.78. The van der Waals surface area contributed by atoms with E-state index in [2.05, 4.69) is 0 Å². The maximum atomic E-state index is 8.51. The summed E-state index contributed by atoms with van der Waals surface area (Å²) in [6.07, 6.45) is 3.81. The van der Waals surface area contributed by atoms with Crippen molar-refractivity contribution in [2.45, 2.75) is 18.9 Å². The SMILES string of the molecule is CC=COCCC(O)Cl. The summed E-state index contributed by atoms with van der Waals surface area (Å²) in [6, 6.07) is 0. The standard InChI is InChI=1S/C6H11ClO2/c1-2-4-9-5-3-6(7)8/h2,4,6,8H,3,5H2,1H3. The molecule has 0 radical (unpaired) electrons. The van der Waals surface area contributed by atoms with Crippen molar-refractivity contribution in [2.75, 3.05) is 6.61 Å². The van der Waals surface area contributed by atoms with E-state index < -0.39 is 5.56 Å². The van der Waals surface area contributed by atoms with Crippen molar-refractivity contribution in [3.05, 3.63) is 12.3 Å². The molecule has 0 aromatic rings. The fourth-order valence-corrected chi connectivity index (χ4v) is 0.419. The molecule has 1 unspecified atom stereocenters. The Morgan fingerprint density at radius 3 is 2.89 bits per heavy atom. The van der Waals surface area contributed by atoms with E-state index in [1.54, 1.807) is 12.3 Å². The van der Waals surface area contributed by atoms with Crippen molar-refractivity contribution >= 4 is 11.6 Å². The Bertz CT molecular complexity index is 81.1. The summed E-state index contributed by atoms with van der Waals surface area (Å²) < 4.78 is 4.87. The molecule has 0 bridgehead atoms. The summed E-state index contributed by atoms with van der Waals surface area (Å²) >= 11 is 5.21. The van der Waals surface area contributed by atoms with Crippen LogP contribution in [-0.4, -0.2) is 17.3 Å². The van der Waals surface area contributed by atoms with Crippen LogP contribution < -0.4 is 0 Å². The lowest BCUT2D eigenvalue weighted by atomic mass is 10.5. The number of halogens is 1. The van der Waals surface area contributed by atoms with Gasteiger partial charge in [0.1, 0.15) is 5.56 Å². The van der Waals surface area contributed by atoms with Crippen molar-refractivity contribution in [1.29, 1.82) is 0 Å². The second-order valence-electron chi connectivity index (χ2n) is 1.56. The first-order chi connectivity index (χ1) is 4.27. The van der Waals surface area contributed by atoms with Gasteiger partial charge in [0.05, 0.1) is 12.9 Å².